The number of anilines is 1. The molecule has 2 aromatic heterocycles. The molecule has 0 saturated carbocycles. The Morgan fingerprint density at radius 2 is 2.24 bits per heavy atom. The van der Waals surface area contributed by atoms with Crippen molar-refractivity contribution in [2.45, 2.75) is 13.0 Å². The third kappa shape index (κ3) is 2.08. The second-order valence-corrected chi connectivity index (χ2v) is 4.12. The molecule has 17 heavy (non-hydrogen) atoms. The fourth-order valence-electron chi connectivity index (χ4n) is 1.79. The second kappa shape index (κ2) is 4.67. The van der Waals surface area contributed by atoms with Crippen LogP contribution < -0.4 is 4.90 Å². The van der Waals surface area contributed by atoms with Crippen LogP contribution in [0.5, 0.6) is 0 Å². The molecule has 0 aromatic carbocycles. The van der Waals surface area contributed by atoms with Gasteiger partial charge >= 0.3 is 0 Å². The van der Waals surface area contributed by atoms with Crippen LogP contribution in [0.1, 0.15) is 6.92 Å². The number of ether oxygens (including phenoxy) is 1. The largest absolute Gasteiger partial charge is 0.383 e. The van der Waals surface area contributed by atoms with Gasteiger partial charge in [0.1, 0.15) is 12.1 Å². The van der Waals surface area contributed by atoms with Gasteiger partial charge in [-0.2, -0.15) is 5.10 Å². The van der Waals surface area contributed by atoms with E-state index in [1.165, 1.54) is 0 Å². The van der Waals surface area contributed by atoms with E-state index in [2.05, 4.69) is 26.9 Å². The molecule has 0 bridgehead atoms. The average Bonchev–Trinajstić information content (AvgIpc) is 2.71. The summed E-state index contributed by atoms with van der Waals surface area (Å²) < 4.78 is 6.90. The first-order valence-electron chi connectivity index (χ1n) is 5.49. The van der Waals surface area contributed by atoms with Crippen LogP contribution in [0.4, 0.5) is 5.82 Å². The monoisotopic (exact) mass is 235 g/mol. The fourth-order valence-corrected chi connectivity index (χ4v) is 1.79. The molecule has 0 saturated heterocycles. The first kappa shape index (κ1) is 11.8. The van der Waals surface area contributed by atoms with E-state index < -0.39 is 0 Å². The Hall–Kier alpha value is -1.69. The van der Waals surface area contributed by atoms with Crippen LogP contribution in [0, 0.1) is 0 Å². The maximum absolute atomic E-state index is 5.16. The van der Waals surface area contributed by atoms with E-state index in [0.29, 0.717) is 6.61 Å². The Morgan fingerprint density at radius 1 is 1.47 bits per heavy atom. The van der Waals surface area contributed by atoms with Gasteiger partial charge in [-0.3, -0.25) is 4.68 Å². The van der Waals surface area contributed by atoms with Gasteiger partial charge in [-0.15, -0.1) is 0 Å². The van der Waals surface area contributed by atoms with Gasteiger partial charge in [0, 0.05) is 21.2 Å². The van der Waals surface area contributed by atoms with Crippen LogP contribution in [-0.2, 0) is 11.8 Å². The van der Waals surface area contributed by atoms with Crippen LogP contribution in [-0.4, -0.2) is 46.6 Å². The first-order valence-corrected chi connectivity index (χ1v) is 5.49. The second-order valence-electron chi connectivity index (χ2n) is 4.12. The Bertz CT molecular complexity index is 510. The van der Waals surface area contributed by atoms with Crippen LogP contribution in [0.15, 0.2) is 12.5 Å². The number of aryl methyl sites for hydroxylation is 1. The molecule has 0 amide bonds. The maximum Gasteiger partial charge on any atom is 0.163 e. The van der Waals surface area contributed by atoms with E-state index in [0.717, 1.165) is 16.9 Å². The molecule has 2 rings (SSSR count). The molecule has 6 heteroatoms. The third-order valence-corrected chi connectivity index (χ3v) is 2.91. The molecule has 0 aliphatic rings. The molecular formula is C11H17N5O. The molecule has 6 nitrogen and oxygen atoms in total. The number of aromatic nitrogens is 4. The Kier molecular flexibility index (Phi) is 3.23. The number of rotatable bonds is 4. The normalized spacial score (nSPS) is 12.9. The summed E-state index contributed by atoms with van der Waals surface area (Å²) in [6.45, 7) is 2.75. The molecule has 0 fully saturated rings. The van der Waals surface area contributed by atoms with Gasteiger partial charge in [-0.05, 0) is 6.92 Å². The molecule has 0 aliphatic carbocycles. The van der Waals surface area contributed by atoms with Crippen molar-refractivity contribution in [3.8, 4) is 0 Å². The van der Waals surface area contributed by atoms with Crippen molar-refractivity contribution < 1.29 is 4.74 Å². The number of hydrogen-bond donors (Lipinski definition) is 0. The number of fused-ring (bicyclic) bond motifs is 1. The van der Waals surface area contributed by atoms with Gasteiger partial charge in [0.15, 0.2) is 5.65 Å². The number of hydrogen-bond acceptors (Lipinski definition) is 5. The minimum atomic E-state index is 0.248. The number of methoxy groups -OCH3 is 1. The lowest BCUT2D eigenvalue weighted by atomic mass is 10.3. The van der Waals surface area contributed by atoms with Crippen molar-refractivity contribution in [3.63, 3.8) is 0 Å². The van der Waals surface area contributed by atoms with Gasteiger partial charge in [0.25, 0.3) is 0 Å². The van der Waals surface area contributed by atoms with E-state index in [1.807, 2.05) is 14.1 Å². The van der Waals surface area contributed by atoms with E-state index in [4.69, 9.17) is 4.74 Å². The van der Waals surface area contributed by atoms with E-state index >= 15 is 0 Å². The molecule has 0 aliphatic heterocycles. The van der Waals surface area contributed by atoms with Gasteiger partial charge in [0.2, 0.25) is 0 Å². The van der Waals surface area contributed by atoms with Crippen molar-refractivity contribution in [2.75, 3.05) is 25.7 Å². The zero-order chi connectivity index (χ0) is 12.4. The fraction of sp³-hybridized carbons (Fsp3) is 0.545. The highest BCUT2D eigenvalue weighted by Crippen LogP contribution is 2.22. The summed E-state index contributed by atoms with van der Waals surface area (Å²) in [5.41, 5.74) is 0.839. The number of nitrogens with zero attached hydrogens (tertiary/aromatic N) is 5. The SMILES string of the molecule is COCC(C)N(C)c1ncnc2c1cnn2C. The highest BCUT2D eigenvalue weighted by atomic mass is 16.5. The zero-order valence-corrected chi connectivity index (χ0v) is 10.6. The van der Waals surface area contributed by atoms with Crippen molar-refractivity contribution in [1.82, 2.24) is 19.7 Å². The summed E-state index contributed by atoms with van der Waals surface area (Å²) in [5, 5.41) is 5.16. The smallest absolute Gasteiger partial charge is 0.163 e. The predicted molar refractivity (Wildman–Crippen MR) is 66.0 cm³/mol. The molecule has 0 spiro atoms. The van der Waals surface area contributed by atoms with Crippen molar-refractivity contribution >= 4 is 16.9 Å². The first-order chi connectivity index (χ1) is 8.15. The van der Waals surface area contributed by atoms with Crippen LogP contribution in [0.3, 0.4) is 0 Å². The molecule has 1 unspecified atom stereocenters. The highest BCUT2D eigenvalue weighted by Gasteiger charge is 2.15. The minimum absolute atomic E-state index is 0.248. The zero-order valence-electron chi connectivity index (χ0n) is 10.6. The quantitative estimate of drug-likeness (QED) is 0.785. The van der Waals surface area contributed by atoms with Gasteiger partial charge in [0.05, 0.1) is 24.2 Å². The predicted octanol–water partition coefficient (Wildman–Crippen LogP) is 0.834. The Labute approximate surface area is 100 Å². The molecule has 2 aromatic rings. The summed E-state index contributed by atoms with van der Waals surface area (Å²) in [4.78, 5) is 10.6. The van der Waals surface area contributed by atoms with Crippen LogP contribution in [0.2, 0.25) is 0 Å². The minimum Gasteiger partial charge on any atom is -0.383 e. The molecule has 92 valence electrons. The maximum atomic E-state index is 5.16. The highest BCUT2D eigenvalue weighted by molar-refractivity contribution is 5.86. The lowest BCUT2D eigenvalue weighted by Crippen LogP contribution is -2.33. The Balaban J connectivity index is 2.41. The van der Waals surface area contributed by atoms with E-state index in [9.17, 15) is 0 Å². The number of likely N-dealkylation sites (N-methyl/N-ethyl adjacent to an activating group) is 1. The van der Waals surface area contributed by atoms with Gasteiger partial charge in [-0.25, -0.2) is 9.97 Å². The average molecular weight is 235 g/mol. The lowest BCUT2D eigenvalue weighted by Gasteiger charge is -2.25. The molecule has 1 atom stereocenters. The summed E-state index contributed by atoms with van der Waals surface area (Å²) in [7, 11) is 5.57. The van der Waals surface area contributed by atoms with E-state index in [-0.39, 0.29) is 6.04 Å². The van der Waals surface area contributed by atoms with Crippen LogP contribution >= 0.6 is 0 Å². The molecular weight excluding hydrogens is 218 g/mol. The summed E-state index contributed by atoms with van der Waals surface area (Å²) in [6, 6.07) is 0.248. The standard InChI is InChI=1S/C11H17N5O/c1-8(6-17-4)15(2)10-9-5-14-16(3)11(9)13-7-12-10/h5,7-8H,6H2,1-4H3. The van der Waals surface area contributed by atoms with Crippen molar-refractivity contribution in [1.29, 1.82) is 0 Å². The topological polar surface area (TPSA) is 56.1 Å². The third-order valence-electron chi connectivity index (χ3n) is 2.91. The summed E-state index contributed by atoms with van der Waals surface area (Å²) in [6.07, 6.45) is 3.36. The van der Waals surface area contributed by atoms with Crippen molar-refractivity contribution in [2.24, 2.45) is 7.05 Å². The van der Waals surface area contributed by atoms with Crippen molar-refractivity contribution in [3.05, 3.63) is 12.5 Å². The molecule has 0 N–H and O–H groups in total. The van der Waals surface area contributed by atoms with E-state index in [1.54, 1.807) is 24.3 Å². The van der Waals surface area contributed by atoms with Crippen LogP contribution in [0.25, 0.3) is 11.0 Å². The summed E-state index contributed by atoms with van der Waals surface area (Å²) in [5.74, 6) is 0.882. The molecule has 0 radical (unpaired) electrons. The van der Waals surface area contributed by atoms with Gasteiger partial charge < -0.3 is 9.64 Å². The summed E-state index contributed by atoms with van der Waals surface area (Å²) >= 11 is 0. The lowest BCUT2D eigenvalue weighted by molar-refractivity contribution is 0.183. The Morgan fingerprint density at radius 3 is 2.94 bits per heavy atom. The molecule has 2 heterocycles. The van der Waals surface area contributed by atoms with Gasteiger partial charge in [-0.1, -0.05) is 0 Å².